The molecule has 1 saturated heterocycles. The maximum Gasteiger partial charge on any atom is 0.328 e. The zero-order chi connectivity index (χ0) is 25.8. The van der Waals surface area contributed by atoms with Gasteiger partial charge < -0.3 is 42.9 Å². The van der Waals surface area contributed by atoms with Crippen molar-refractivity contribution in [1.29, 1.82) is 0 Å². The van der Waals surface area contributed by atoms with E-state index in [1.165, 1.54) is 23.6 Å². The number of amides is 3. The number of carbonyl (C=O) groups excluding carboxylic acids is 3. The molecule has 5 atom stereocenters. The quantitative estimate of drug-likeness (QED) is 0.0751. The first-order valence-corrected chi connectivity index (χ1v) is 12.5. The van der Waals surface area contributed by atoms with Gasteiger partial charge in [0.2, 0.25) is 17.7 Å². The number of aliphatic hydroxyl groups is 1. The number of carboxylic acid groups (broad SMARTS) is 1. The molecule has 1 heterocycles. The fraction of sp³-hybridized carbons (Fsp3) is 0.750. The molecule has 3 amide bonds. The molecule has 0 aromatic carbocycles. The van der Waals surface area contributed by atoms with Crippen LogP contribution in [0.15, 0.2) is 4.99 Å². The van der Waals surface area contributed by atoms with E-state index in [1.807, 2.05) is 6.26 Å². The van der Waals surface area contributed by atoms with Crippen LogP contribution in [0, 0.1) is 0 Å². The second-order valence-corrected chi connectivity index (χ2v) is 9.14. The summed E-state index contributed by atoms with van der Waals surface area (Å²) in [5, 5.41) is 23.8. The number of aliphatic imine (C=N–C) groups is 1. The van der Waals surface area contributed by atoms with Gasteiger partial charge in [-0.15, -0.1) is 0 Å². The SMILES string of the molecule is CSCCC(NC(=O)C(N)CCCN=C(N)N)C(=O)N1CCCC1C(=O)NC(C(=O)O)C(C)O. The number of aliphatic carboxylic acids is 1. The van der Waals surface area contributed by atoms with Crippen LogP contribution in [0.1, 0.15) is 39.0 Å². The molecule has 0 aromatic rings. The lowest BCUT2D eigenvalue weighted by atomic mass is 10.1. The average molecular weight is 504 g/mol. The third-order valence-electron chi connectivity index (χ3n) is 5.41. The Balaban J connectivity index is 2.85. The van der Waals surface area contributed by atoms with E-state index in [-0.39, 0.29) is 5.96 Å². The van der Waals surface area contributed by atoms with Gasteiger partial charge in [-0.25, -0.2) is 4.79 Å². The van der Waals surface area contributed by atoms with Crippen molar-refractivity contribution in [3.8, 4) is 0 Å². The van der Waals surface area contributed by atoms with Crippen LogP contribution in [0.4, 0.5) is 0 Å². The third-order valence-corrected chi connectivity index (χ3v) is 6.06. The summed E-state index contributed by atoms with van der Waals surface area (Å²) in [7, 11) is 0. The number of nitrogens with one attached hydrogen (secondary N) is 2. The lowest BCUT2D eigenvalue weighted by Crippen LogP contribution is -2.58. The molecule has 1 fully saturated rings. The van der Waals surface area contributed by atoms with Gasteiger partial charge in [0.05, 0.1) is 12.1 Å². The standard InChI is InChI=1S/C20H37N7O6S/c1-11(28)15(19(32)33)26-17(30)14-6-4-9-27(14)18(31)13(7-10-34-2)25-16(29)12(21)5-3-8-24-20(22)23/h11-15,28H,3-10,21H2,1-2H3,(H,25,29)(H,26,30)(H,32,33)(H4,22,23,24). The Morgan fingerprint density at radius 1 is 1.21 bits per heavy atom. The Bertz CT molecular complexity index is 747. The van der Waals surface area contributed by atoms with E-state index in [4.69, 9.17) is 17.2 Å². The van der Waals surface area contributed by atoms with Gasteiger partial charge >= 0.3 is 5.97 Å². The molecule has 0 aliphatic carbocycles. The number of hydrogen-bond acceptors (Lipinski definition) is 8. The molecule has 10 N–H and O–H groups in total. The Morgan fingerprint density at radius 2 is 1.88 bits per heavy atom. The molecule has 13 nitrogen and oxygen atoms in total. The molecule has 1 aliphatic heterocycles. The molecule has 14 heteroatoms. The number of guanidine groups is 1. The maximum absolute atomic E-state index is 13.3. The van der Waals surface area contributed by atoms with E-state index >= 15 is 0 Å². The van der Waals surface area contributed by atoms with E-state index in [1.54, 1.807) is 0 Å². The topological polar surface area (TPSA) is 226 Å². The van der Waals surface area contributed by atoms with Crippen LogP contribution in [0.3, 0.4) is 0 Å². The third kappa shape index (κ3) is 9.35. The van der Waals surface area contributed by atoms with Crippen LogP contribution in [0.25, 0.3) is 0 Å². The summed E-state index contributed by atoms with van der Waals surface area (Å²) in [6, 6.07) is -4.13. The second kappa shape index (κ2) is 14.6. The average Bonchev–Trinajstić information content (AvgIpc) is 3.26. The number of nitrogens with zero attached hydrogens (tertiary/aromatic N) is 2. The van der Waals surface area contributed by atoms with Crippen molar-refractivity contribution >= 4 is 41.4 Å². The number of aliphatic hydroxyl groups excluding tert-OH is 1. The molecule has 34 heavy (non-hydrogen) atoms. The number of thioether (sulfide) groups is 1. The number of carboxylic acids is 1. The molecule has 0 saturated carbocycles. The first-order chi connectivity index (χ1) is 16.0. The number of rotatable bonds is 14. The largest absolute Gasteiger partial charge is 0.480 e. The molecule has 0 bridgehead atoms. The predicted octanol–water partition coefficient (Wildman–Crippen LogP) is -2.45. The van der Waals surface area contributed by atoms with Crippen molar-refractivity contribution in [2.24, 2.45) is 22.2 Å². The van der Waals surface area contributed by atoms with E-state index in [2.05, 4.69) is 15.6 Å². The molecule has 1 rings (SSSR count). The Labute approximate surface area is 203 Å². The normalized spacial score (nSPS) is 18.9. The lowest BCUT2D eigenvalue weighted by molar-refractivity contribution is -0.147. The number of hydrogen-bond donors (Lipinski definition) is 7. The minimum Gasteiger partial charge on any atom is -0.480 e. The molecular formula is C20H37N7O6S. The van der Waals surface area contributed by atoms with E-state index in [0.29, 0.717) is 50.9 Å². The highest BCUT2D eigenvalue weighted by atomic mass is 32.2. The summed E-state index contributed by atoms with van der Waals surface area (Å²) in [4.78, 5) is 55.1. The molecular weight excluding hydrogens is 466 g/mol. The molecule has 0 aromatic heterocycles. The van der Waals surface area contributed by atoms with Crippen molar-refractivity contribution in [1.82, 2.24) is 15.5 Å². The van der Waals surface area contributed by atoms with Gasteiger partial charge in [-0.2, -0.15) is 11.8 Å². The first kappa shape index (κ1) is 29.5. The smallest absolute Gasteiger partial charge is 0.328 e. The zero-order valence-electron chi connectivity index (χ0n) is 19.6. The van der Waals surface area contributed by atoms with Gasteiger partial charge in [0.25, 0.3) is 0 Å². The van der Waals surface area contributed by atoms with Crippen molar-refractivity contribution in [2.75, 3.05) is 25.1 Å². The van der Waals surface area contributed by atoms with Crippen molar-refractivity contribution in [3.63, 3.8) is 0 Å². The number of likely N-dealkylation sites (tertiary alicyclic amines) is 1. The van der Waals surface area contributed by atoms with Crippen LogP contribution in [0.2, 0.25) is 0 Å². The Kier molecular flexibility index (Phi) is 12.7. The van der Waals surface area contributed by atoms with Gasteiger partial charge in [-0.3, -0.25) is 19.4 Å². The van der Waals surface area contributed by atoms with Crippen LogP contribution >= 0.6 is 11.8 Å². The highest BCUT2D eigenvalue weighted by Crippen LogP contribution is 2.20. The lowest BCUT2D eigenvalue weighted by Gasteiger charge is -2.30. The minimum atomic E-state index is -1.49. The number of nitrogens with two attached hydrogens (primary N) is 3. The highest BCUT2D eigenvalue weighted by Gasteiger charge is 2.39. The van der Waals surface area contributed by atoms with Gasteiger partial charge in [-0.1, -0.05) is 0 Å². The van der Waals surface area contributed by atoms with Gasteiger partial charge in [-0.05, 0) is 51.0 Å². The first-order valence-electron chi connectivity index (χ1n) is 11.1. The molecule has 0 radical (unpaired) electrons. The van der Waals surface area contributed by atoms with Crippen molar-refractivity contribution < 1.29 is 29.4 Å². The van der Waals surface area contributed by atoms with Gasteiger partial charge in [0.15, 0.2) is 12.0 Å². The van der Waals surface area contributed by atoms with Crippen LogP contribution in [-0.4, -0.2) is 100 Å². The van der Waals surface area contributed by atoms with E-state index in [9.17, 15) is 29.4 Å². The molecule has 194 valence electrons. The Hall–Kier alpha value is -2.58. The zero-order valence-corrected chi connectivity index (χ0v) is 20.4. The summed E-state index contributed by atoms with van der Waals surface area (Å²) in [6.07, 6.45) is 2.58. The summed E-state index contributed by atoms with van der Waals surface area (Å²) in [5.74, 6) is -2.43. The van der Waals surface area contributed by atoms with Gasteiger partial charge in [0, 0.05) is 13.1 Å². The maximum atomic E-state index is 13.3. The summed E-state index contributed by atoms with van der Waals surface area (Å²) in [5.41, 5.74) is 16.5. The van der Waals surface area contributed by atoms with E-state index < -0.39 is 54.0 Å². The molecule has 1 aliphatic rings. The fourth-order valence-electron chi connectivity index (χ4n) is 3.56. The Morgan fingerprint density at radius 3 is 2.44 bits per heavy atom. The van der Waals surface area contributed by atoms with Crippen LogP contribution in [0.5, 0.6) is 0 Å². The summed E-state index contributed by atoms with van der Waals surface area (Å²) < 4.78 is 0. The van der Waals surface area contributed by atoms with Crippen LogP contribution < -0.4 is 27.8 Å². The minimum absolute atomic E-state index is 0.0481. The van der Waals surface area contributed by atoms with Gasteiger partial charge in [0.1, 0.15) is 12.1 Å². The summed E-state index contributed by atoms with van der Waals surface area (Å²) in [6.45, 7) is 1.87. The van der Waals surface area contributed by atoms with Crippen molar-refractivity contribution in [3.05, 3.63) is 0 Å². The fourth-order valence-corrected chi connectivity index (χ4v) is 4.04. The molecule has 0 spiro atoms. The van der Waals surface area contributed by atoms with Crippen molar-refractivity contribution in [2.45, 2.75) is 69.3 Å². The second-order valence-electron chi connectivity index (χ2n) is 8.15. The van der Waals surface area contributed by atoms with E-state index in [0.717, 1.165) is 0 Å². The highest BCUT2D eigenvalue weighted by molar-refractivity contribution is 7.98. The summed E-state index contributed by atoms with van der Waals surface area (Å²) >= 11 is 1.50. The number of carbonyl (C=O) groups is 4. The monoisotopic (exact) mass is 503 g/mol. The van der Waals surface area contributed by atoms with Crippen LogP contribution in [-0.2, 0) is 19.2 Å². The molecule has 5 unspecified atom stereocenters. The predicted molar refractivity (Wildman–Crippen MR) is 129 cm³/mol.